The Morgan fingerprint density at radius 1 is 0.892 bits per heavy atom. The largest absolute Gasteiger partial charge is 0.444 e. The number of carbonyl (C=O) groups is 2. The molecule has 0 fully saturated rings. The fourth-order valence-electron chi connectivity index (χ4n) is 3.80. The van der Waals surface area contributed by atoms with Crippen molar-refractivity contribution >= 4 is 23.8 Å². The molecule has 0 radical (unpaired) electrons. The van der Waals surface area contributed by atoms with Gasteiger partial charge in [-0.05, 0) is 62.8 Å². The number of pyridine rings is 1. The Morgan fingerprint density at radius 3 is 2.11 bits per heavy atom. The molecule has 37 heavy (non-hydrogen) atoms. The van der Waals surface area contributed by atoms with Gasteiger partial charge in [0, 0.05) is 30.7 Å². The predicted octanol–water partition coefficient (Wildman–Crippen LogP) is 5.22. The van der Waals surface area contributed by atoms with Gasteiger partial charge in [0.1, 0.15) is 5.60 Å². The Morgan fingerprint density at radius 2 is 1.51 bits per heavy atom. The Kier molecular flexibility index (Phi) is 11.0. The van der Waals surface area contributed by atoms with Crippen LogP contribution in [0.2, 0.25) is 0 Å². The number of hydrogen-bond donors (Lipinski definition) is 2. The smallest absolute Gasteiger partial charge is 0.407 e. The summed E-state index contributed by atoms with van der Waals surface area (Å²) in [6.45, 7) is 6.08. The van der Waals surface area contributed by atoms with Crippen molar-refractivity contribution in [3.63, 3.8) is 0 Å². The molecule has 0 bridgehead atoms. The van der Waals surface area contributed by atoms with E-state index in [0.717, 1.165) is 23.1 Å². The van der Waals surface area contributed by atoms with Gasteiger partial charge in [-0.2, -0.15) is 0 Å². The molecule has 3 rings (SSSR count). The lowest BCUT2D eigenvalue weighted by Gasteiger charge is -2.25. The number of rotatable bonds is 12. The predicted molar refractivity (Wildman–Crippen MR) is 151 cm³/mol. The molecule has 7 heteroatoms. The van der Waals surface area contributed by atoms with Gasteiger partial charge in [0.25, 0.3) is 0 Å². The second-order valence-electron chi connectivity index (χ2n) is 9.95. The number of nitrogens with zero attached hydrogens (tertiary/aromatic N) is 1. The van der Waals surface area contributed by atoms with Crippen molar-refractivity contribution in [2.24, 2.45) is 0 Å². The van der Waals surface area contributed by atoms with Crippen molar-refractivity contribution in [1.82, 2.24) is 15.6 Å². The topological polar surface area (TPSA) is 80.3 Å². The summed E-state index contributed by atoms with van der Waals surface area (Å²) in [5, 5.41) is 5.83. The summed E-state index contributed by atoms with van der Waals surface area (Å²) in [6.07, 6.45) is 5.08. The van der Waals surface area contributed by atoms with Gasteiger partial charge < -0.3 is 15.4 Å². The highest BCUT2D eigenvalue weighted by atomic mass is 32.2. The molecule has 196 valence electrons. The molecule has 2 atom stereocenters. The highest BCUT2D eigenvalue weighted by Gasteiger charge is 2.24. The molecule has 1 aromatic heterocycles. The fraction of sp³-hybridized carbons (Fsp3) is 0.367. The molecule has 0 unspecified atom stereocenters. The second kappa shape index (κ2) is 14.4. The first-order valence-corrected chi connectivity index (χ1v) is 13.7. The van der Waals surface area contributed by atoms with Crippen molar-refractivity contribution in [2.45, 2.75) is 56.9 Å². The van der Waals surface area contributed by atoms with Crippen molar-refractivity contribution in [2.75, 3.05) is 12.3 Å². The minimum absolute atomic E-state index is 0.00604. The first-order chi connectivity index (χ1) is 17.8. The van der Waals surface area contributed by atoms with Gasteiger partial charge in [-0.15, -0.1) is 11.8 Å². The van der Waals surface area contributed by atoms with Crippen LogP contribution in [0.5, 0.6) is 0 Å². The fourth-order valence-corrected chi connectivity index (χ4v) is 5.01. The lowest BCUT2D eigenvalue weighted by molar-refractivity contribution is -0.120. The quantitative estimate of drug-likeness (QED) is 0.343. The van der Waals surface area contributed by atoms with Crippen LogP contribution < -0.4 is 10.6 Å². The second-order valence-corrected chi connectivity index (χ2v) is 11.2. The van der Waals surface area contributed by atoms with Crippen LogP contribution in [0.4, 0.5) is 4.79 Å². The molecule has 2 amide bonds. The van der Waals surface area contributed by atoms with E-state index in [9.17, 15) is 9.59 Å². The van der Waals surface area contributed by atoms with E-state index in [1.807, 2.05) is 99.8 Å². The highest BCUT2D eigenvalue weighted by molar-refractivity contribution is 8.00. The van der Waals surface area contributed by atoms with Gasteiger partial charge in [-0.1, -0.05) is 66.7 Å². The van der Waals surface area contributed by atoms with Crippen LogP contribution in [-0.2, 0) is 28.8 Å². The van der Waals surface area contributed by atoms with E-state index >= 15 is 0 Å². The summed E-state index contributed by atoms with van der Waals surface area (Å²) in [5.74, 6) is 0.565. The van der Waals surface area contributed by atoms with E-state index in [1.54, 1.807) is 18.0 Å². The van der Waals surface area contributed by atoms with Gasteiger partial charge >= 0.3 is 6.09 Å². The van der Waals surface area contributed by atoms with Crippen LogP contribution in [-0.4, -0.2) is 46.2 Å². The number of thioether (sulfide) groups is 1. The summed E-state index contributed by atoms with van der Waals surface area (Å²) in [5.41, 5.74) is 2.71. The maximum absolute atomic E-state index is 13.3. The minimum Gasteiger partial charge on any atom is -0.444 e. The lowest BCUT2D eigenvalue weighted by atomic mass is 10.1. The Hall–Kier alpha value is -3.32. The standard InChI is InChI=1S/C30H37N3O3S/c1-30(2,3)36-29(35)33-26(19-23-11-6-4-7-12-23)22-37-27(20-24-13-8-5-9-14-24)28(34)32-18-16-25-15-10-17-31-21-25/h4-15,17,21,26-27H,16,18-20,22H2,1-3H3,(H,32,34)(H,33,35)/t26-,27+/m0/s1. The van der Waals surface area contributed by atoms with E-state index < -0.39 is 11.7 Å². The van der Waals surface area contributed by atoms with Crippen molar-refractivity contribution in [3.05, 3.63) is 102 Å². The molecule has 3 aromatic rings. The number of hydrogen-bond acceptors (Lipinski definition) is 5. The van der Waals surface area contributed by atoms with Crippen molar-refractivity contribution in [1.29, 1.82) is 0 Å². The van der Waals surface area contributed by atoms with E-state index in [0.29, 0.717) is 25.1 Å². The lowest BCUT2D eigenvalue weighted by Crippen LogP contribution is -2.43. The van der Waals surface area contributed by atoms with Crippen LogP contribution in [0.15, 0.2) is 85.2 Å². The Balaban J connectivity index is 1.67. The Bertz CT molecular complexity index is 1090. The van der Waals surface area contributed by atoms with E-state index in [-0.39, 0.29) is 17.2 Å². The molecule has 2 N–H and O–H groups in total. The van der Waals surface area contributed by atoms with Crippen LogP contribution >= 0.6 is 11.8 Å². The SMILES string of the molecule is CC(C)(C)OC(=O)N[C@H](CS[C@H](Cc1ccccc1)C(=O)NCCc1cccnc1)Cc1ccccc1. The summed E-state index contributed by atoms with van der Waals surface area (Å²) < 4.78 is 5.51. The third-order valence-electron chi connectivity index (χ3n) is 5.54. The molecule has 0 saturated heterocycles. The monoisotopic (exact) mass is 519 g/mol. The summed E-state index contributed by atoms with van der Waals surface area (Å²) >= 11 is 1.56. The number of alkyl carbamates (subject to hydrolysis) is 1. The number of amides is 2. The molecule has 2 aromatic carbocycles. The third-order valence-corrected chi connectivity index (χ3v) is 6.91. The number of nitrogens with one attached hydrogen (secondary N) is 2. The maximum Gasteiger partial charge on any atom is 0.407 e. The van der Waals surface area contributed by atoms with Crippen molar-refractivity contribution in [3.8, 4) is 0 Å². The van der Waals surface area contributed by atoms with Gasteiger partial charge in [0.15, 0.2) is 0 Å². The Labute approximate surface area is 224 Å². The number of carbonyl (C=O) groups excluding carboxylic acids is 2. The summed E-state index contributed by atoms with van der Waals surface area (Å²) in [4.78, 5) is 30.0. The molecular formula is C30H37N3O3S. The van der Waals surface area contributed by atoms with E-state index in [2.05, 4.69) is 15.6 Å². The molecule has 1 heterocycles. The molecule has 0 aliphatic heterocycles. The van der Waals surface area contributed by atoms with Crippen LogP contribution in [0.25, 0.3) is 0 Å². The summed E-state index contributed by atoms with van der Waals surface area (Å²) in [6, 6.07) is 23.8. The van der Waals surface area contributed by atoms with Gasteiger partial charge in [-0.25, -0.2) is 4.79 Å². The first-order valence-electron chi connectivity index (χ1n) is 12.6. The third kappa shape index (κ3) is 11.1. The normalized spacial score (nSPS) is 12.8. The average molecular weight is 520 g/mol. The minimum atomic E-state index is -0.585. The van der Waals surface area contributed by atoms with Gasteiger partial charge in [0.05, 0.1) is 5.25 Å². The van der Waals surface area contributed by atoms with Crippen molar-refractivity contribution < 1.29 is 14.3 Å². The molecule has 0 spiro atoms. The van der Waals surface area contributed by atoms with Gasteiger partial charge in [-0.3, -0.25) is 9.78 Å². The molecule has 0 aliphatic rings. The van der Waals surface area contributed by atoms with Gasteiger partial charge in [0.2, 0.25) is 5.91 Å². The average Bonchev–Trinajstić information content (AvgIpc) is 2.87. The zero-order valence-electron chi connectivity index (χ0n) is 21.9. The zero-order valence-corrected chi connectivity index (χ0v) is 22.7. The maximum atomic E-state index is 13.3. The molecule has 6 nitrogen and oxygen atoms in total. The highest BCUT2D eigenvalue weighted by Crippen LogP contribution is 2.20. The van der Waals surface area contributed by atoms with E-state index in [4.69, 9.17) is 4.74 Å². The van der Waals surface area contributed by atoms with Crippen LogP contribution in [0.3, 0.4) is 0 Å². The number of aromatic nitrogens is 1. The van der Waals surface area contributed by atoms with Crippen LogP contribution in [0, 0.1) is 0 Å². The molecule has 0 saturated carbocycles. The van der Waals surface area contributed by atoms with E-state index in [1.165, 1.54) is 0 Å². The van der Waals surface area contributed by atoms with Crippen LogP contribution in [0.1, 0.15) is 37.5 Å². The summed E-state index contributed by atoms with van der Waals surface area (Å²) in [7, 11) is 0. The molecular weight excluding hydrogens is 482 g/mol. The molecule has 0 aliphatic carbocycles. The number of benzene rings is 2. The zero-order chi connectivity index (χ0) is 26.5. The first kappa shape index (κ1) is 28.3. The number of ether oxygens (including phenoxy) is 1.